The van der Waals surface area contributed by atoms with Gasteiger partial charge in [-0.1, -0.05) is 42.5 Å². The Kier molecular flexibility index (Phi) is 9.73. The van der Waals surface area contributed by atoms with Gasteiger partial charge >= 0.3 is 0 Å². The van der Waals surface area contributed by atoms with Gasteiger partial charge in [0.1, 0.15) is 0 Å². The summed E-state index contributed by atoms with van der Waals surface area (Å²) < 4.78 is 0. The van der Waals surface area contributed by atoms with E-state index in [0.29, 0.717) is 5.96 Å². The molecule has 0 saturated carbocycles. The fraction of sp³-hybridized carbons (Fsp3) is 0.409. The Morgan fingerprint density at radius 1 is 1.00 bits per heavy atom. The standard InChI is InChI=1S/C22H31N5.HI/c1-19-7-5-10-21(17-19)25-22(23)24-11-6-12-26-13-15-27(16-14-26)18-20-8-3-2-4-9-20;/h2-5,7-10,17H,6,11-16,18H2,1H3,(H3,23,24,25);1H. The molecule has 2 aromatic rings. The number of guanidine groups is 1. The van der Waals surface area contributed by atoms with Gasteiger partial charge in [0.15, 0.2) is 5.96 Å². The molecule has 0 radical (unpaired) electrons. The summed E-state index contributed by atoms with van der Waals surface area (Å²) in [6.45, 7) is 9.50. The van der Waals surface area contributed by atoms with Crippen LogP contribution in [0, 0.1) is 6.92 Å². The molecule has 5 nitrogen and oxygen atoms in total. The van der Waals surface area contributed by atoms with Crippen molar-refractivity contribution in [3.8, 4) is 0 Å². The Bertz CT molecular complexity index is 727. The summed E-state index contributed by atoms with van der Waals surface area (Å²) in [4.78, 5) is 9.51. The van der Waals surface area contributed by atoms with Crippen LogP contribution in [0.4, 0.5) is 5.69 Å². The first kappa shape index (κ1) is 22.6. The van der Waals surface area contributed by atoms with E-state index in [1.807, 2.05) is 12.1 Å². The zero-order valence-electron chi connectivity index (χ0n) is 16.7. The molecule has 0 aromatic heterocycles. The maximum atomic E-state index is 5.99. The van der Waals surface area contributed by atoms with Crippen LogP contribution in [-0.4, -0.2) is 55.0 Å². The van der Waals surface area contributed by atoms with E-state index >= 15 is 0 Å². The average Bonchev–Trinajstić information content (AvgIpc) is 2.67. The van der Waals surface area contributed by atoms with Crippen LogP contribution in [0.25, 0.3) is 0 Å². The number of piperazine rings is 1. The van der Waals surface area contributed by atoms with Crippen LogP contribution in [0.2, 0.25) is 0 Å². The zero-order chi connectivity index (χ0) is 18.9. The SMILES string of the molecule is Cc1cccc(NC(N)=NCCCN2CCN(Cc3ccccc3)CC2)c1.I. The van der Waals surface area contributed by atoms with Gasteiger partial charge in [-0.15, -0.1) is 24.0 Å². The van der Waals surface area contributed by atoms with Gasteiger partial charge in [-0.25, -0.2) is 0 Å². The molecule has 0 unspecified atom stereocenters. The molecule has 1 aliphatic heterocycles. The molecule has 1 saturated heterocycles. The molecule has 28 heavy (non-hydrogen) atoms. The molecule has 3 N–H and O–H groups in total. The first-order valence-corrected chi connectivity index (χ1v) is 9.81. The quantitative estimate of drug-likeness (QED) is 0.268. The second-order valence-corrected chi connectivity index (χ2v) is 7.22. The van der Waals surface area contributed by atoms with E-state index in [-0.39, 0.29) is 24.0 Å². The minimum absolute atomic E-state index is 0. The third kappa shape index (κ3) is 7.77. The van der Waals surface area contributed by atoms with Gasteiger partial charge in [-0.3, -0.25) is 9.89 Å². The first-order valence-electron chi connectivity index (χ1n) is 9.81. The minimum Gasteiger partial charge on any atom is -0.370 e. The Morgan fingerprint density at radius 3 is 2.43 bits per heavy atom. The molecule has 1 aliphatic rings. The lowest BCUT2D eigenvalue weighted by Crippen LogP contribution is -2.46. The van der Waals surface area contributed by atoms with Gasteiger partial charge < -0.3 is 16.0 Å². The topological polar surface area (TPSA) is 56.9 Å². The molecule has 0 atom stereocenters. The van der Waals surface area contributed by atoms with E-state index in [4.69, 9.17) is 5.73 Å². The Hall–Kier alpha value is -1.64. The number of aliphatic imine (C=N–C) groups is 1. The highest BCUT2D eigenvalue weighted by Gasteiger charge is 2.16. The van der Waals surface area contributed by atoms with Gasteiger partial charge in [0.25, 0.3) is 0 Å². The average molecular weight is 493 g/mol. The number of rotatable bonds is 7. The van der Waals surface area contributed by atoms with E-state index in [0.717, 1.165) is 57.9 Å². The fourth-order valence-electron chi connectivity index (χ4n) is 3.42. The number of nitrogens with two attached hydrogens (primary N) is 1. The monoisotopic (exact) mass is 493 g/mol. The van der Waals surface area contributed by atoms with Gasteiger partial charge in [0.05, 0.1) is 0 Å². The maximum Gasteiger partial charge on any atom is 0.193 e. The summed E-state index contributed by atoms with van der Waals surface area (Å²) in [5, 5.41) is 3.16. The molecule has 0 aliphatic carbocycles. The number of aryl methyl sites for hydroxylation is 1. The summed E-state index contributed by atoms with van der Waals surface area (Å²) in [5.41, 5.74) is 9.58. The van der Waals surface area contributed by atoms with Crippen LogP contribution in [0.1, 0.15) is 17.5 Å². The predicted octanol–water partition coefficient (Wildman–Crippen LogP) is 3.55. The van der Waals surface area contributed by atoms with Gasteiger partial charge in [-0.2, -0.15) is 0 Å². The van der Waals surface area contributed by atoms with Crippen LogP contribution in [0.5, 0.6) is 0 Å². The number of halogens is 1. The highest BCUT2D eigenvalue weighted by molar-refractivity contribution is 14.0. The first-order chi connectivity index (χ1) is 13.2. The molecule has 1 heterocycles. The number of hydrogen-bond donors (Lipinski definition) is 2. The molecule has 0 spiro atoms. The van der Waals surface area contributed by atoms with Gasteiger partial charge in [0.2, 0.25) is 0 Å². The normalized spacial score (nSPS) is 15.8. The van der Waals surface area contributed by atoms with E-state index in [1.165, 1.54) is 11.1 Å². The molecule has 0 amide bonds. The van der Waals surface area contributed by atoms with Crippen LogP contribution in [-0.2, 0) is 6.54 Å². The van der Waals surface area contributed by atoms with Crippen molar-refractivity contribution in [3.63, 3.8) is 0 Å². The van der Waals surface area contributed by atoms with Gasteiger partial charge in [0, 0.05) is 51.5 Å². The molecule has 152 valence electrons. The molecule has 2 aromatic carbocycles. The van der Waals surface area contributed by atoms with Crippen LogP contribution >= 0.6 is 24.0 Å². The van der Waals surface area contributed by atoms with Crippen molar-refractivity contribution in [3.05, 3.63) is 65.7 Å². The smallest absolute Gasteiger partial charge is 0.193 e. The number of nitrogens with zero attached hydrogens (tertiary/aromatic N) is 3. The Balaban J connectivity index is 0.00000280. The third-order valence-electron chi connectivity index (χ3n) is 4.92. The van der Waals surface area contributed by atoms with E-state index < -0.39 is 0 Å². The summed E-state index contributed by atoms with van der Waals surface area (Å²) in [5.74, 6) is 0.494. The molecular weight excluding hydrogens is 461 g/mol. The molecule has 0 bridgehead atoms. The maximum absolute atomic E-state index is 5.99. The third-order valence-corrected chi connectivity index (χ3v) is 4.92. The van der Waals surface area contributed by atoms with Crippen LogP contribution in [0.15, 0.2) is 59.6 Å². The lowest BCUT2D eigenvalue weighted by molar-refractivity contribution is 0.127. The summed E-state index contributed by atoms with van der Waals surface area (Å²) in [6, 6.07) is 18.9. The minimum atomic E-state index is 0. The lowest BCUT2D eigenvalue weighted by Gasteiger charge is -2.34. The van der Waals surface area contributed by atoms with Crippen molar-refractivity contribution in [1.29, 1.82) is 0 Å². The van der Waals surface area contributed by atoms with Crippen LogP contribution in [0.3, 0.4) is 0 Å². The second kappa shape index (κ2) is 12.0. The number of hydrogen-bond acceptors (Lipinski definition) is 3. The summed E-state index contributed by atoms with van der Waals surface area (Å²) in [6.07, 6.45) is 1.04. The molecule has 1 fully saturated rings. The Labute approximate surface area is 186 Å². The molecule has 3 rings (SSSR count). The predicted molar refractivity (Wildman–Crippen MR) is 129 cm³/mol. The summed E-state index contributed by atoms with van der Waals surface area (Å²) in [7, 11) is 0. The van der Waals surface area contributed by atoms with E-state index in [1.54, 1.807) is 0 Å². The van der Waals surface area contributed by atoms with Crippen molar-refractivity contribution < 1.29 is 0 Å². The van der Waals surface area contributed by atoms with Crippen molar-refractivity contribution in [2.75, 3.05) is 44.6 Å². The molecular formula is C22H32IN5. The van der Waals surface area contributed by atoms with Crippen molar-refractivity contribution in [1.82, 2.24) is 9.80 Å². The zero-order valence-corrected chi connectivity index (χ0v) is 19.0. The second-order valence-electron chi connectivity index (χ2n) is 7.22. The highest BCUT2D eigenvalue weighted by atomic mass is 127. The lowest BCUT2D eigenvalue weighted by atomic mass is 10.2. The van der Waals surface area contributed by atoms with Crippen molar-refractivity contribution in [2.45, 2.75) is 19.9 Å². The summed E-state index contributed by atoms with van der Waals surface area (Å²) >= 11 is 0. The Morgan fingerprint density at radius 2 is 1.71 bits per heavy atom. The number of anilines is 1. The molecule has 6 heteroatoms. The largest absolute Gasteiger partial charge is 0.370 e. The van der Waals surface area contributed by atoms with Crippen LogP contribution < -0.4 is 11.1 Å². The van der Waals surface area contributed by atoms with Gasteiger partial charge in [-0.05, 0) is 36.6 Å². The number of nitrogens with one attached hydrogen (secondary N) is 1. The van der Waals surface area contributed by atoms with E-state index in [2.05, 4.69) is 69.5 Å². The van der Waals surface area contributed by atoms with Crippen molar-refractivity contribution in [2.24, 2.45) is 10.7 Å². The number of benzene rings is 2. The highest BCUT2D eigenvalue weighted by Crippen LogP contribution is 2.10. The van der Waals surface area contributed by atoms with E-state index in [9.17, 15) is 0 Å². The van der Waals surface area contributed by atoms with Crippen molar-refractivity contribution >= 4 is 35.6 Å². The fourth-order valence-corrected chi connectivity index (χ4v) is 3.42.